The summed E-state index contributed by atoms with van der Waals surface area (Å²) in [6.45, 7) is 4.16. The molecular formula is C22H30N4O4. The first-order valence-corrected chi connectivity index (χ1v) is 10.8. The number of carbonyl (C=O) groups excluding carboxylic acids is 2. The molecule has 1 saturated carbocycles. The molecule has 2 amide bonds. The molecule has 8 heteroatoms. The molecule has 0 bridgehead atoms. The van der Waals surface area contributed by atoms with Crippen molar-refractivity contribution in [1.29, 1.82) is 0 Å². The van der Waals surface area contributed by atoms with Crippen LogP contribution >= 0.6 is 0 Å². The molecule has 0 N–H and O–H groups in total. The van der Waals surface area contributed by atoms with Gasteiger partial charge >= 0.3 is 0 Å². The Kier molecular flexibility index (Phi) is 6.22. The van der Waals surface area contributed by atoms with Crippen LogP contribution in [0.5, 0.6) is 5.75 Å². The molecule has 2 aliphatic rings. The maximum atomic E-state index is 13.1. The zero-order valence-electron chi connectivity index (χ0n) is 17.8. The fourth-order valence-corrected chi connectivity index (χ4v) is 4.43. The summed E-state index contributed by atoms with van der Waals surface area (Å²) in [6, 6.07) is 3.66. The normalized spacial score (nSPS) is 17.9. The Morgan fingerprint density at radius 1 is 1.23 bits per heavy atom. The summed E-state index contributed by atoms with van der Waals surface area (Å²) >= 11 is 0. The van der Waals surface area contributed by atoms with Gasteiger partial charge in [-0.2, -0.15) is 0 Å². The smallest absolute Gasteiger partial charge is 0.260 e. The van der Waals surface area contributed by atoms with E-state index in [-0.39, 0.29) is 24.3 Å². The Balaban J connectivity index is 1.52. The highest BCUT2D eigenvalue weighted by atomic mass is 16.5. The molecule has 2 fully saturated rings. The van der Waals surface area contributed by atoms with Crippen molar-refractivity contribution in [2.45, 2.75) is 39.0 Å². The molecule has 3 heterocycles. The van der Waals surface area contributed by atoms with Crippen LogP contribution in [-0.2, 0) is 14.3 Å². The van der Waals surface area contributed by atoms with Gasteiger partial charge in [-0.25, -0.2) is 4.98 Å². The highest BCUT2D eigenvalue weighted by molar-refractivity contribution is 5.95. The number of fused-ring (bicyclic) bond motifs is 1. The zero-order chi connectivity index (χ0) is 21.1. The second kappa shape index (κ2) is 9.04. The van der Waals surface area contributed by atoms with Crippen molar-refractivity contribution >= 4 is 23.3 Å². The molecule has 1 aliphatic heterocycles. The van der Waals surface area contributed by atoms with Gasteiger partial charge in [0.15, 0.2) is 18.0 Å². The van der Waals surface area contributed by atoms with E-state index in [4.69, 9.17) is 9.47 Å². The molecule has 30 heavy (non-hydrogen) atoms. The summed E-state index contributed by atoms with van der Waals surface area (Å²) in [4.78, 5) is 33.6. The van der Waals surface area contributed by atoms with Crippen LogP contribution in [-0.4, -0.2) is 66.1 Å². The first kappa shape index (κ1) is 20.7. The van der Waals surface area contributed by atoms with E-state index in [1.807, 2.05) is 30.6 Å². The molecule has 0 spiro atoms. The lowest BCUT2D eigenvalue weighted by Gasteiger charge is -2.27. The molecule has 1 aliphatic carbocycles. The van der Waals surface area contributed by atoms with Gasteiger partial charge < -0.3 is 14.4 Å². The van der Waals surface area contributed by atoms with Crippen molar-refractivity contribution in [2.75, 3.05) is 44.9 Å². The number of hydrogen-bond acceptors (Lipinski definition) is 5. The number of morpholine rings is 1. The molecule has 0 radical (unpaired) electrons. The van der Waals surface area contributed by atoms with Crippen LogP contribution in [0.4, 0.5) is 5.82 Å². The fraction of sp³-hybridized carbons (Fsp3) is 0.591. The van der Waals surface area contributed by atoms with Crippen molar-refractivity contribution in [3.63, 3.8) is 0 Å². The van der Waals surface area contributed by atoms with Crippen molar-refractivity contribution in [2.24, 2.45) is 5.92 Å². The Morgan fingerprint density at radius 3 is 2.70 bits per heavy atom. The van der Waals surface area contributed by atoms with E-state index in [0.717, 1.165) is 37.2 Å². The standard InChI is InChI=1S/C22H30N4O4/c1-16-21(24(2)22(28)17-7-4-3-5-8-17)26-10-6-9-18(20(26)23-16)30-15-19(27)25-11-13-29-14-12-25/h6,9-10,17H,3-5,7-8,11-15H2,1-2H3. The average Bonchev–Trinajstić information content (AvgIpc) is 3.14. The summed E-state index contributed by atoms with van der Waals surface area (Å²) in [5.74, 6) is 1.46. The van der Waals surface area contributed by atoms with Crippen LogP contribution in [0.15, 0.2) is 18.3 Å². The summed E-state index contributed by atoms with van der Waals surface area (Å²) < 4.78 is 13.0. The van der Waals surface area contributed by atoms with Gasteiger partial charge in [0, 0.05) is 32.3 Å². The number of imidazole rings is 1. The topological polar surface area (TPSA) is 76.4 Å². The molecule has 162 valence electrons. The second-order valence-electron chi connectivity index (χ2n) is 8.10. The number of ether oxygens (including phenoxy) is 2. The van der Waals surface area contributed by atoms with Crippen LogP contribution in [0.2, 0.25) is 0 Å². The molecule has 0 atom stereocenters. The number of anilines is 1. The number of rotatable bonds is 5. The molecule has 4 rings (SSSR count). The number of pyridine rings is 1. The Hall–Kier alpha value is -2.61. The van der Waals surface area contributed by atoms with E-state index < -0.39 is 0 Å². The van der Waals surface area contributed by atoms with Crippen LogP contribution < -0.4 is 9.64 Å². The minimum atomic E-state index is -0.0617. The Labute approximate surface area is 176 Å². The summed E-state index contributed by atoms with van der Waals surface area (Å²) in [7, 11) is 1.82. The summed E-state index contributed by atoms with van der Waals surface area (Å²) in [5.41, 5.74) is 1.38. The molecule has 0 unspecified atom stereocenters. The van der Waals surface area contributed by atoms with Crippen molar-refractivity contribution in [1.82, 2.24) is 14.3 Å². The van der Waals surface area contributed by atoms with Crippen LogP contribution in [0, 0.1) is 12.8 Å². The average molecular weight is 415 g/mol. The van der Waals surface area contributed by atoms with Crippen molar-refractivity contribution in [3.05, 3.63) is 24.0 Å². The van der Waals surface area contributed by atoms with Gasteiger partial charge in [0.25, 0.3) is 5.91 Å². The predicted molar refractivity (Wildman–Crippen MR) is 113 cm³/mol. The van der Waals surface area contributed by atoms with Crippen molar-refractivity contribution < 1.29 is 19.1 Å². The van der Waals surface area contributed by atoms with Crippen LogP contribution in [0.1, 0.15) is 37.8 Å². The second-order valence-corrected chi connectivity index (χ2v) is 8.10. The summed E-state index contributed by atoms with van der Waals surface area (Å²) in [5, 5.41) is 0. The maximum Gasteiger partial charge on any atom is 0.260 e. The molecule has 2 aromatic rings. The Bertz CT molecular complexity index is 913. The van der Waals surface area contributed by atoms with E-state index in [2.05, 4.69) is 4.98 Å². The SMILES string of the molecule is Cc1nc2c(OCC(=O)N3CCOCC3)cccn2c1N(C)C(=O)C1CCCCC1. The van der Waals surface area contributed by atoms with Crippen LogP contribution in [0.3, 0.4) is 0 Å². The third-order valence-electron chi connectivity index (χ3n) is 6.07. The number of aryl methyl sites for hydroxylation is 1. The summed E-state index contributed by atoms with van der Waals surface area (Å²) in [6.07, 6.45) is 7.24. The number of carbonyl (C=O) groups is 2. The van der Waals surface area contributed by atoms with Gasteiger partial charge in [0.05, 0.1) is 18.9 Å². The van der Waals surface area contributed by atoms with Gasteiger partial charge in [0.2, 0.25) is 5.91 Å². The van der Waals surface area contributed by atoms with Gasteiger partial charge in [0.1, 0.15) is 5.82 Å². The molecule has 1 saturated heterocycles. The van der Waals surface area contributed by atoms with Gasteiger partial charge in [-0.3, -0.25) is 18.9 Å². The lowest BCUT2D eigenvalue weighted by molar-refractivity contribution is -0.137. The van der Waals surface area contributed by atoms with Crippen molar-refractivity contribution in [3.8, 4) is 5.75 Å². The lowest BCUT2D eigenvalue weighted by atomic mass is 9.88. The van der Waals surface area contributed by atoms with Gasteiger partial charge in [-0.05, 0) is 31.9 Å². The minimum Gasteiger partial charge on any atom is -0.480 e. The first-order chi connectivity index (χ1) is 14.6. The monoisotopic (exact) mass is 414 g/mol. The lowest BCUT2D eigenvalue weighted by Crippen LogP contribution is -2.43. The molecule has 0 aromatic carbocycles. The third kappa shape index (κ3) is 4.14. The first-order valence-electron chi connectivity index (χ1n) is 10.8. The van der Waals surface area contributed by atoms with Crippen LogP contribution in [0.25, 0.3) is 5.65 Å². The van der Waals surface area contributed by atoms with E-state index in [9.17, 15) is 9.59 Å². The third-order valence-corrected chi connectivity index (χ3v) is 6.07. The minimum absolute atomic E-state index is 0.0439. The zero-order valence-corrected chi connectivity index (χ0v) is 17.8. The Morgan fingerprint density at radius 2 is 1.97 bits per heavy atom. The number of nitrogens with zero attached hydrogens (tertiary/aromatic N) is 4. The predicted octanol–water partition coefficient (Wildman–Crippen LogP) is 2.42. The van der Waals surface area contributed by atoms with E-state index in [1.165, 1.54) is 6.42 Å². The number of aromatic nitrogens is 2. The largest absolute Gasteiger partial charge is 0.480 e. The van der Waals surface area contributed by atoms with E-state index in [0.29, 0.717) is 37.7 Å². The van der Waals surface area contributed by atoms with E-state index >= 15 is 0 Å². The number of amides is 2. The molecular weight excluding hydrogens is 384 g/mol. The fourth-order valence-electron chi connectivity index (χ4n) is 4.43. The molecule has 2 aromatic heterocycles. The molecule has 8 nitrogen and oxygen atoms in total. The van der Waals surface area contributed by atoms with Gasteiger partial charge in [-0.15, -0.1) is 0 Å². The maximum absolute atomic E-state index is 13.1. The van der Waals surface area contributed by atoms with Gasteiger partial charge in [-0.1, -0.05) is 19.3 Å². The highest BCUT2D eigenvalue weighted by Crippen LogP contribution is 2.31. The number of hydrogen-bond donors (Lipinski definition) is 0. The quantitative estimate of drug-likeness (QED) is 0.751. The highest BCUT2D eigenvalue weighted by Gasteiger charge is 2.28. The van der Waals surface area contributed by atoms with E-state index in [1.54, 1.807) is 15.9 Å².